The molecule has 0 fully saturated rings. The van der Waals surface area contributed by atoms with Crippen LogP contribution in [-0.4, -0.2) is 6.61 Å². The molecule has 0 aliphatic carbocycles. The zero-order valence-electron chi connectivity index (χ0n) is 23.2. The van der Waals surface area contributed by atoms with Crippen LogP contribution >= 0.6 is 0 Å². The summed E-state index contributed by atoms with van der Waals surface area (Å²) in [7, 11) is 0. The molecule has 0 amide bonds. The molecular formula is C34H50O. The largest absolute Gasteiger partial charge is 0.493 e. The van der Waals surface area contributed by atoms with Gasteiger partial charge in [-0.1, -0.05) is 127 Å². The molecular weight excluding hydrogens is 424 g/mol. The lowest BCUT2D eigenvalue weighted by atomic mass is 9.92. The van der Waals surface area contributed by atoms with E-state index in [2.05, 4.69) is 101 Å². The molecule has 1 nitrogen and oxygen atoms in total. The van der Waals surface area contributed by atoms with E-state index < -0.39 is 0 Å². The smallest absolute Gasteiger partial charge is 0.119 e. The number of unbranched alkanes of at least 4 members (excludes halogenated alkanes) is 2. The molecule has 0 spiro atoms. The number of ether oxygens (including phenoxy) is 1. The van der Waals surface area contributed by atoms with Gasteiger partial charge in [-0.05, 0) is 72.4 Å². The Bertz CT molecular complexity index is 856. The van der Waals surface area contributed by atoms with Crippen molar-refractivity contribution in [2.45, 2.75) is 98.8 Å². The normalized spacial score (nSPS) is 13.8. The molecule has 0 aromatic heterocycles. The van der Waals surface area contributed by atoms with Crippen LogP contribution in [0.2, 0.25) is 0 Å². The van der Waals surface area contributed by atoms with Gasteiger partial charge in [-0.15, -0.1) is 0 Å². The highest BCUT2D eigenvalue weighted by molar-refractivity contribution is 5.67. The first-order valence-electron chi connectivity index (χ1n) is 14.3. The monoisotopic (exact) mass is 474 g/mol. The summed E-state index contributed by atoms with van der Waals surface area (Å²) in [6.45, 7) is 12.1. The number of rotatable bonds is 17. The Hall–Kier alpha value is -2.28. The molecule has 2 aromatic carbocycles. The van der Waals surface area contributed by atoms with E-state index in [1.54, 1.807) is 0 Å². The van der Waals surface area contributed by atoms with Crippen molar-refractivity contribution in [3.05, 3.63) is 77.4 Å². The molecule has 0 N–H and O–H groups in total. The van der Waals surface area contributed by atoms with E-state index >= 15 is 0 Å². The highest BCUT2D eigenvalue weighted by atomic mass is 16.5. The Morgan fingerprint density at radius 1 is 0.771 bits per heavy atom. The molecule has 0 bridgehead atoms. The van der Waals surface area contributed by atoms with Crippen LogP contribution in [0.3, 0.4) is 0 Å². The lowest BCUT2D eigenvalue weighted by Crippen LogP contribution is -2.11. The van der Waals surface area contributed by atoms with Crippen molar-refractivity contribution in [2.75, 3.05) is 6.61 Å². The van der Waals surface area contributed by atoms with Crippen LogP contribution in [0.5, 0.6) is 5.75 Å². The van der Waals surface area contributed by atoms with Gasteiger partial charge in [0, 0.05) is 0 Å². The zero-order chi connectivity index (χ0) is 25.3. The molecule has 2 unspecified atom stereocenters. The molecule has 192 valence electrons. The Balaban J connectivity index is 1.84. The van der Waals surface area contributed by atoms with Gasteiger partial charge in [0.25, 0.3) is 0 Å². The van der Waals surface area contributed by atoms with Gasteiger partial charge in [-0.25, -0.2) is 0 Å². The first kappa shape index (κ1) is 29.0. The van der Waals surface area contributed by atoms with Crippen molar-refractivity contribution in [1.29, 1.82) is 0 Å². The number of hydrogen-bond donors (Lipinski definition) is 0. The third-order valence-electron chi connectivity index (χ3n) is 7.34. The lowest BCUT2D eigenvalue weighted by molar-refractivity contribution is 0.233. The predicted molar refractivity (Wildman–Crippen MR) is 156 cm³/mol. The predicted octanol–water partition coefficient (Wildman–Crippen LogP) is 10.5. The van der Waals surface area contributed by atoms with Crippen molar-refractivity contribution in [3.8, 4) is 5.75 Å². The van der Waals surface area contributed by atoms with Crippen LogP contribution in [0, 0.1) is 11.8 Å². The van der Waals surface area contributed by atoms with Gasteiger partial charge in [-0.2, -0.15) is 0 Å². The van der Waals surface area contributed by atoms with Gasteiger partial charge in [0.05, 0.1) is 6.61 Å². The van der Waals surface area contributed by atoms with E-state index in [1.165, 1.54) is 86.5 Å². The van der Waals surface area contributed by atoms with E-state index in [4.69, 9.17) is 4.74 Å². The summed E-state index contributed by atoms with van der Waals surface area (Å²) in [4.78, 5) is 0. The van der Waals surface area contributed by atoms with Crippen LogP contribution in [0.25, 0.3) is 11.6 Å². The maximum atomic E-state index is 6.06. The first-order chi connectivity index (χ1) is 17.1. The van der Waals surface area contributed by atoms with E-state index in [9.17, 15) is 0 Å². The number of benzene rings is 2. The summed E-state index contributed by atoms with van der Waals surface area (Å²) in [6, 6.07) is 17.6. The molecule has 0 saturated heterocycles. The molecule has 0 radical (unpaired) electrons. The second-order valence-corrected chi connectivity index (χ2v) is 10.2. The second kappa shape index (κ2) is 17.2. The Morgan fingerprint density at radius 3 is 2.00 bits per heavy atom. The summed E-state index contributed by atoms with van der Waals surface area (Å²) in [6.07, 6.45) is 19.4. The van der Waals surface area contributed by atoms with Crippen LogP contribution in [0.4, 0.5) is 0 Å². The zero-order valence-corrected chi connectivity index (χ0v) is 23.2. The van der Waals surface area contributed by atoms with Gasteiger partial charge >= 0.3 is 0 Å². The minimum Gasteiger partial charge on any atom is -0.493 e. The number of hydrogen-bond acceptors (Lipinski definition) is 1. The van der Waals surface area contributed by atoms with Gasteiger partial charge in [0.1, 0.15) is 5.75 Å². The minimum absolute atomic E-state index is 0.662. The van der Waals surface area contributed by atoms with Crippen LogP contribution in [0.15, 0.2) is 60.7 Å². The topological polar surface area (TPSA) is 9.23 Å². The summed E-state index contributed by atoms with van der Waals surface area (Å²) < 4.78 is 6.06. The maximum Gasteiger partial charge on any atom is 0.119 e. The minimum atomic E-state index is 0.662. The molecule has 2 atom stereocenters. The lowest BCUT2D eigenvalue weighted by Gasteiger charge is -2.15. The van der Waals surface area contributed by atoms with E-state index in [1.807, 2.05) is 0 Å². The average molecular weight is 475 g/mol. The summed E-state index contributed by atoms with van der Waals surface area (Å²) in [5.74, 6) is 2.51. The molecule has 0 aliphatic rings. The Morgan fingerprint density at radius 2 is 1.40 bits per heavy atom. The third-order valence-corrected chi connectivity index (χ3v) is 7.34. The van der Waals surface area contributed by atoms with Gasteiger partial charge < -0.3 is 4.74 Å². The molecule has 35 heavy (non-hydrogen) atoms. The molecule has 0 heterocycles. The Labute approximate surface area is 216 Å². The van der Waals surface area contributed by atoms with Crippen molar-refractivity contribution in [2.24, 2.45) is 11.8 Å². The van der Waals surface area contributed by atoms with Gasteiger partial charge in [0.2, 0.25) is 0 Å². The van der Waals surface area contributed by atoms with E-state index in [-0.39, 0.29) is 0 Å². The SMILES string of the molecule is CCCCC(CC)CCc1ccc(/C=C/C=C(\C)c2ccc(OCC(CC)CCCC)cc2)cc1. The van der Waals surface area contributed by atoms with E-state index in [0.29, 0.717) is 5.92 Å². The quantitative estimate of drug-likeness (QED) is 0.207. The Kier molecular flexibility index (Phi) is 14.2. The van der Waals surface area contributed by atoms with Crippen LogP contribution < -0.4 is 4.74 Å². The summed E-state index contributed by atoms with van der Waals surface area (Å²) >= 11 is 0. The first-order valence-corrected chi connectivity index (χ1v) is 14.3. The van der Waals surface area contributed by atoms with Crippen molar-refractivity contribution >= 4 is 11.6 Å². The fraction of sp³-hybridized carbons (Fsp3) is 0.529. The van der Waals surface area contributed by atoms with E-state index in [0.717, 1.165) is 18.3 Å². The number of aryl methyl sites for hydroxylation is 1. The number of allylic oxidation sites excluding steroid dienone is 3. The summed E-state index contributed by atoms with van der Waals surface area (Å²) in [5, 5.41) is 0. The van der Waals surface area contributed by atoms with Gasteiger partial charge in [0.15, 0.2) is 0 Å². The summed E-state index contributed by atoms with van der Waals surface area (Å²) in [5.41, 5.74) is 5.22. The molecule has 1 heteroatoms. The fourth-order valence-electron chi connectivity index (χ4n) is 4.54. The van der Waals surface area contributed by atoms with Crippen molar-refractivity contribution in [1.82, 2.24) is 0 Å². The maximum absolute atomic E-state index is 6.06. The highest BCUT2D eigenvalue weighted by Gasteiger charge is 2.07. The van der Waals surface area contributed by atoms with Crippen molar-refractivity contribution in [3.63, 3.8) is 0 Å². The standard InChI is InChI=1S/C34H50O/c1-6-10-14-29(8-3)17-18-32-21-19-31(20-22-32)16-12-13-28(5)33-23-25-34(26-24-33)35-27-30(9-4)15-11-7-2/h12-13,16,19-26,29-30H,6-11,14-15,17-18,27H2,1-5H3/b16-12+,28-13+. The average Bonchev–Trinajstić information content (AvgIpc) is 2.90. The highest BCUT2D eigenvalue weighted by Crippen LogP contribution is 2.22. The van der Waals surface area contributed by atoms with Gasteiger partial charge in [-0.3, -0.25) is 0 Å². The van der Waals surface area contributed by atoms with Crippen molar-refractivity contribution < 1.29 is 4.74 Å². The fourth-order valence-corrected chi connectivity index (χ4v) is 4.54. The van der Waals surface area contributed by atoms with Crippen LogP contribution in [-0.2, 0) is 6.42 Å². The molecule has 2 aromatic rings. The third kappa shape index (κ3) is 11.3. The van der Waals surface area contributed by atoms with Crippen LogP contribution in [0.1, 0.15) is 109 Å². The molecule has 2 rings (SSSR count). The molecule has 0 saturated carbocycles. The molecule has 0 aliphatic heterocycles. The second-order valence-electron chi connectivity index (χ2n) is 10.2.